The van der Waals surface area contributed by atoms with Gasteiger partial charge in [-0.05, 0) is 18.1 Å². The van der Waals surface area contributed by atoms with Crippen molar-refractivity contribution in [1.29, 1.82) is 0 Å². The Morgan fingerprint density at radius 3 is 2.70 bits per heavy atom. The van der Waals surface area contributed by atoms with Gasteiger partial charge < -0.3 is 10.2 Å². The number of thiazole rings is 1. The zero-order chi connectivity index (χ0) is 18.5. The molecule has 138 valence electrons. The van der Waals surface area contributed by atoms with E-state index in [0.717, 1.165) is 23.7 Å². The predicted octanol–water partition coefficient (Wildman–Crippen LogP) is 3.05. The van der Waals surface area contributed by atoms with E-state index in [1.165, 1.54) is 5.56 Å². The van der Waals surface area contributed by atoms with Gasteiger partial charge in [0.05, 0.1) is 11.7 Å². The van der Waals surface area contributed by atoms with E-state index in [1.54, 1.807) is 29.8 Å². The fourth-order valence-corrected chi connectivity index (χ4v) is 3.98. The lowest BCUT2D eigenvalue weighted by molar-refractivity contribution is -0.128. The van der Waals surface area contributed by atoms with Crippen LogP contribution in [0.5, 0.6) is 0 Å². The van der Waals surface area contributed by atoms with Crippen LogP contribution in [-0.2, 0) is 11.3 Å². The quantitative estimate of drug-likeness (QED) is 0.683. The maximum absolute atomic E-state index is 12.0. The van der Waals surface area contributed by atoms with Gasteiger partial charge in [0.25, 0.3) is 0 Å². The van der Waals surface area contributed by atoms with Gasteiger partial charge in [0.15, 0.2) is 10.8 Å². The van der Waals surface area contributed by atoms with Crippen molar-refractivity contribution in [2.45, 2.75) is 25.4 Å². The molecule has 0 spiro atoms. The molecule has 1 saturated heterocycles. The van der Waals surface area contributed by atoms with E-state index >= 15 is 0 Å². The van der Waals surface area contributed by atoms with Crippen LogP contribution in [0.25, 0.3) is 10.8 Å². The summed E-state index contributed by atoms with van der Waals surface area (Å²) in [4.78, 5) is 27.2. The van der Waals surface area contributed by atoms with Gasteiger partial charge in [-0.15, -0.1) is 11.3 Å². The molecule has 1 N–H and O–H groups in total. The molecule has 0 aliphatic carbocycles. The molecule has 4 rings (SSSR count). The summed E-state index contributed by atoms with van der Waals surface area (Å²) in [6.07, 6.45) is 5.06. The third-order valence-electron chi connectivity index (χ3n) is 4.61. The SMILES string of the molecule is O=C1CCCN1C[C@@H](NCc1csc(-c2ncccn2)n1)c1ccccc1. The number of benzene rings is 1. The first kappa shape index (κ1) is 17.8. The Balaban J connectivity index is 1.45. The van der Waals surface area contributed by atoms with Crippen molar-refractivity contribution in [3.8, 4) is 10.8 Å². The molecule has 1 aliphatic heterocycles. The number of carbonyl (C=O) groups excluding carboxylic acids is 1. The van der Waals surface area contributed by atoms with Crippen molar-refractivity contribution in [1.82, 2.24) is 25.2 Å². The fraction of sp³-hybridized carbons (Fsp3) is 0.300. The molecule has 3 heterocycles. The highest BCUT2D eigenvalue weighted by atomic mass is 32.1. The second-order valence-corrected chi connectivity index (χ2v) is 7.36. The van der Waals surface area contributed by atoms with Crippen LogP contribution in [0.4, 0.5) is 0 Å². The topological polar surface area (TPSA) is 71.0 Å². The van der Waals surface area contributed by atoms with Crippen molar-refractivity contribution in [3.63, 3.8) is 0 Å². The number of hydrogen-bond donors (Lipinski definition) is 1. The molecule has 1 atom stereocenters. The van der Waals surface area contributed by atoms with Crippen LogP contribution in [0.15, 0.2) is 54.2 Å². The first-order chi connectivity index (χ1) is 13.3. The number of amides is 1. The number of carbonyl (C=O) groups is 1. The Kier molecular flexibility index (Phi) is 5.50. The highest BCUT2D eigenvalue weighted by Gasteiger charge is 2.24. The molecule has 1 aromatic carbocycles. The molecule has 2 aromatic heterocycles. The summed E-state index contributed by atoms with van der Waals surface area (Å²) in [5, 5.41) is 6.42. The lowest BCUT2D eigenvalue weighted by Crippen LogP contribution is -2.35. The minimum absolute atomic E-state index is 0.0753. The molecule has 1 aliphatic rings. The van der Waals surface area contributed by atoms with Crippen molar-refractivity contribution < 1.29 is 4.79 Å². The van der Waals surface area contributed by atoms with Gasteiger partial charge in [0, 0.05) is 43.8 Å². The molecule has 0 unspecified atom stereocenters. The lowest BCUT2D eigenvalue weighted by Gasteiger charge is -2.25. The predicted molar refractivity (Wildman–Crippen MR) is 105 cm³/mol. The molecule has 3 aromatic rings. The molecular formula is C20H21N5OS. The summed E-state index contributed by atoms with van der Waals surface area (Å²) in [5.74, 6) is 0.894. The highest BCUT2D eigenvalue weighted by Crippen LogP contribution is 2.22. The Bertz CT molecular complexity index is 884. The third kappa shape index (κ3) is 4.37. The number of hydrogen-bond acceptors (Lipinski definition) is 6. The average molecular weight is 379 g/mol. The molecule has 27 heavy (non-hydrogen) atoms. The van der Waals surface area contributed by atoms with Crippen molar-refractivity contribution in [2.24, 2.45) is 0 Å². The number of nitrogens with zero attached hydrogens (tertiary/aromatic N) is 4. The third-order valence-corrected chi connectivity index (χ3v) is 5.50. The van der Waals surface area contributed by atoms with E-state index in [9.17, 15) is 4.79 Å². The molecule has 7 heteroatoms. The Morgan fingerprint density at radius 2 is 1.96 bits per heavy atom. The summed E-state index contributed by atoms with van der Waals surface area (Å²) in [5.41, 5.74) is 2.13. The second kappa shape index (κ2) is 8.37. The van der Waals surface area contributed by atoms with Crippen molar-refractivity contribution >= 4 is 17.2 Å². The number of aromatic nitrogens is 3. The van der Waals surface area contributed by atoms with E-state index in [2.05, 4.69) is 32.4 Å². The maximum Gasteiger partial charge on any atom is 0.222 e. The van der Waals surface area contributed by atoms with E-state index in [-0.39, 0.29) is 11.9 Å². The van der Waals surface area contributed by atoms with Gasteiger partial charge in [0.1, 0.15) is 0 Å². The average Bonchev–Trinajstić information content (AvgIpc) is 3.36. The summed E-state index contributed by atoms with van der Waals surface area (Å²) < 4.78 is 0. The second-order valence-electron chi connectivity index (χ2n) is 6.50. The monoisotopic (exact) mass is 379 g/mol. The minimum Gasteiger partial charge on any atom is -0.341 e. The standard InChI is InChI=1S/C20H21N5OS/c26-18-8-4-11-25(18)13-17(15-6-2-1-3-7-15)23-12-16-14-27-20(24-16)19-21-9-5-10-22-19/h1-3,5-7,9-10,14,17,23H,4,8,11-13H2/t17-/m1/s1. The number of nitrogens with one attached hydrogen (secondary N) is 1. The Labute approximate surface area is 162 Å². The van der Waals surface area contributed by atoms with Gasteiger partial charge in [0.2, 0.25) is 5.91 Å². The summed E-state index contributed by atoms with van der Waals surface area (Å²) in [7, 11) is 0. The van der Waals surface area contributed by atoms with E-state index in [0.29, 0.717) is 25.3 Å². The van der Waals surface area contributed by atoms with Crippen molar-refractivity contribution in [3.05, 3.63) is 65.4 Å². The zero-order valence-electron chi connectivity index (χ0n) is 14.9. The van der Waals surface area contributed by atoms with Gasteiger partial charge in [-0.1, -0.05) is 30.3 Å². The molecule has 6 nitrogen and oxygen atoms in total. The largest absolute Gasteiger partial charge is 0.341 e. The lowest BCUT2D eigenvalue weighted by atomic mass is 10.1. The number of rotatable bonds is 7. The molecule has 1 fully saturated rings. The van der Waals surface area contributed by atoms with Crippen molar-refractivity contribution in [2.75, 3.05) is 13.1 Å². The molecule has 1 amide bonds. The smallest absolute Gasteiger partial charge is 0.222 e. The maximum atomic E-state index is 12.0. The molecule has 0 saturated carbocycles. The van der Waals surface area contributed by atoms with Crippen LogP contribution in [0.1, 0.15) is 30.1 Å². The normalized spacial score (nSPS) is 15.3. The Hall–Kier alpha value is -2.64. The molecule has 0 radical (unpaired) electrons. The molecule has 0 bridgehead atoms. The summed E-state index contributed by atoms with van der Waals surface area (Å²) in [6.45, 7) is 2.16. The van der Waals surface area contributed by atoms with Gasteiger partial charge in [-0.3, -0.25) is 4.79 Å². The van der Waals surface area contributed by atoms with Crippen LogP contribution in [0, 0.1) is 0 Å². The fourth-order valence-electron chi connectivity index (χ4n) is 3.22. The highest BCUT2D eigenvalue weighted by molar-refractivity contribution is 7.13. The first-order valence-electron chi connectivity index (χ1n) is 9.07. The van der Waals surface area contributed by atoms with Gasteiger partial charge in [-0.25, -0.2) is 15.0 Å². The van der Waals surface area contributed by atoms with Crippen LogP contribution in [-0.4, -0.2) is 38.8 Å². The van der Waals surface area contributed by atoms with E-state index < -0.39 is 0 Å². The Morgan fingerprint density at radius 1 is 1.15 bits per heavy atom. The van der Waals surface area contributed by atoms with E-state index in [1.807, 2.05) is 28.5 Å². The van der Waals surface area contributed by atoms with Crippen LogP contribution in [0.3, 0.4) is 0 Å². The van der Waals surface area contributed by atoms with Gasteiger partial charge >= 0.3 is 0 Å². The number of likely N-dealkylation sites (tertiary alicyclic amines) is 1. The van der Waals surface area contributed by atoms with Gasteiger partial charge in [-0.2, -0.15) is 0 Å². The van der Waals surface area contributed by atoms with Crippen LogP contribution >= 0.6 is 11.3 Å². The van der Waals surface area contributed by atoms with Crippen LogP contribution < -0.4 is 5.32 Å². The van der Waals surface area contributed by atoms with Crippen LogP contribution in [0.2, 0.25) is 0 Å². The summed E-state index contributed by atoms with van der Waals surface area (Å²) >= 11 is 1.54. The first-order valence-corrected chi connectivity index (χ1v) is 9.95. The minimum atomic E-state index is 0.0753. The van der Waals surface area contributed by atoms with E-state index in [4.69, 9.17) is 0 Å². The summed E-state index contributed by atoms with van der Waals surface area (Å²) in [6, 6.07) is 12.1. The zero-order valence-corrected chi connectivity index (χ0v) is 15.7. The molecular weight excluding hydrogens is 358 g/mol.